The van der Waals surface area contributed by atoms with Gasteiger partial charge in [0.1, 0.15) is 0 Å². The van der Waals surface area contributed by atoms with Gasteiger partial charge < -0.3 is 4.74 Å². The van der Waals surface area contributed by atoms with Crippen molar-refractivity contribution in [2.75, 3.05) is 6.61 Å². The smallest absolute Gasteiger partial charge is 0.312 e. The molecule has 3 nitrogen and oxygen atoms in total. The van der Waals surface area contributed by atoms with Gasteiger partial charge in [0.2, 0.25) is 0 Å². The van der Waals surface area contributed by atoms with E-state index in [-0.39, 0.29) is 11.4 Å². The number of ether oxygens (including phenoxy) is 1. The standard InChI is InChI=1S/C25H33NO2/c1-4-22-16-23(17-25(22,3)24(27)28-5-2)26(18-20-12-8-6-9-13-20)19-21-14-10-7-11-15-21/h6-15,22-23H,4-5,16-19H2,1-3H3/t22?,23-,25?/m1/s1. The third kappa shape index (κ3) is 4.64. The van der Waals surface area contributed by atoms with E-state index in [0.29, 0.717) is 18.6 Å². The fourth-order valence-corrected chi connectivity index (χ4v) is 4.72. The molecule has 28 heavy (non-hydrogen) atoms. The first-order valence-electron chi connectivity index (χ1n) is 10.6. The summed E-state index contributed by atoms with van der Waals surface area (Å²) in [4.78, 5) is 15.3. The summed E-state index contributed by atoms with van der Waals surface area (Å²) in [7, 11) is 0. The predicted molar refractivity (Wildman–Crippen MR) is 114 cm³/mol. The van der Waals surface area contributed by atoms with Crippen LogP contribution < -0.4 is 0 Å². The van der Waals surface area contributed by atoms with Crippen molar-refractivity contribution >= 4 is 5.97 Å². The largest absolute Gasteiger partial charge is 0.466 e. The molecular formula is C25H33NO2. The van der Waals surface area contributed by atoms with Gasteiger partial charge in [-0.3, -0.25) is 9.69 Å². The minimum absolute atomic E-state index is 0.0243. The molecule has 0 bridgehead atoms. The van der Waals surface area contributed by atoms with Gasteiger partial charge in [-0.2, -0.15) is 0 Å². The summed E-state index contributed by atoms with van der Waals surface area (Å²) in [5, 5.41) is 0. The molecule has 1 saturated carbocycles. The normalized spacial score (nSPS) is 24.4. The van der Waals surface area contributed by atoms with Gasteiger partial charge in [-0.05, 0) is 43.7 Å². The number of benzene rings is 2. The van der Waals surface area contributed by atoms with Crippen LogP contribution in [0.3, 0.4) is 0 Å². The first-order chi connectivity index (χ1) is 13.6. The minimum atomic E-state index is -0.388. The Morgan fingerprint density at radius 3 is 2.00 bits per heavy atom. The van der Waals surface area contributed by atoms with E-state index in [0.717, 1.165) is 32.4 Å². The van der Waals surface area contributed by atoms with Gasteiger partial charge in [0.05, 0.1) is 12.0 Å². The maximum atomic E-state index is 12.8. The molecule has 0 aromatic heterocycles. The highest BCUT2D eigenvalue weighted by molar-refractivity contribution is 5.77. The number of carbonyl (C=O) groups is 1. The van der Waals surface area contributed by atoms with Gasteiger partial charge in [0, 0.05) is 19.1 Å². The average Bonchev–Trinajstić information content (AvgIpc) is 3.07. The third-order valence-corrected chi connectivity index (χ3v) is 6.33. The van der Waals surface area contributed by atoms with E-state index in [4.69, 9.17) is 4.74 Å². The Balaban J connectivity index is 1.83. The van der Waals surface area contributed by atoms with Crippen LogP contribution >= 0.6 is 0 Å². The van der Waals surface area contributed by atoms with Crippen LogP contribution in [0.15, 0.2) is 60.7 Å². The second-order valence-corrected chi connectivity index (χ2v) is 8.21. The molecule has 0 saturated heterocycles. The second-order valence-electron chi connectivity index (χ2n) is 8.21. The summed E-state index contributed by atoms with van der Waals surface area (Å²) in [5.41, 5.74) is 2.24. The molecule has 2 aromatic carbocycles. The zero-order chi connectivity index (χ0) is 20.0. The molecule has 2 aromatic rings. The number of carbonyl (C=O) groups excluding carboxylic acids is 1. The Kier molecular flexibility index (Phi) is 6.90. The van der Waals surface area contributed by atoms with Crippen molar-refractivity contribution in [2.45, 2.75) is 59.2 Å². The van der Waals surface area contributed by atoms with Crippen LogP contribution in [0.2, 0.25) is 0 Å². The minimum Gasteiger partial charge on any atom is -0.466 e. The molecule has 3 heteroatoms. The summed E-state index contributed by atoms with van der Waals surface area (Å²) in [6, 6.07) is 21.7. The van der Waals surface area contributed by atoms with Crippen LogP contribution in [0.25, 0.3) is 0 Å². The number of hydrogen-bond donors (Lipinski definition) is 0. The molecule has 2 unspecified atom stereocenters. The van der Waals surface area contributed by atoms with Gasteiger partial charge in [-0.15, -0.1) is 0 Å². The monoisotopic (exact) mass is 379 g/mol. The lowest BCUT2D eigenvalue weighted by Gasteiger charge is -2.31. The van der Waals surface area contributed by atoms with Crippen molar-refractivity contribution in [1.82, 2.24) is 4.90 Å². The van der Waals surface area contributed by atoms with Crippen molar-refractivity contribution in [3.63, 3.8) is 0 Å². The van der Waals surface area contributed by atoms with Crippen LogP contribution in [0.1, 0.15) is 51.2 Å². The Bertz CT molecular complexity index is 704. The Morgan fingerprint density at radius 1 is 1.00 bits per heavy atom. The second kappa shape index (κ2) is 9.38. The zero-order valence-corrected chi connectivity index (χ0v) is 17.4. The quantitative estimate of drug-likeness (QED) is 0.572. The molecular weight excluding hydrogens is 346 g/mol. The third-order valence-electron chi connectivity index (χ3n) is 6.33. The van der Waals surface area contributed by atoms with E-state index < -0.39 is 0 Å². The van der Waals surface area contributed by atoms with E-state index in [2.05, 4.69) is 79.4 Å². The van der Waals surface area contributed by atoms with Crippen molar-refractivity contribution < 1.29 is 9.53 Å². The topological polar surface area (TPSA) is 29.5 Å². The number of rotatable bonds is 8. The first-order valence-corrected chi connectivity index (χ1v) is 10.6. The molecule has 1 fully saturated rings. The Morgan fingerprint density at radius 2 is 1.54 bits per heavy atom. The lowest BCUT2D eigenvalue weighted by molar-refractivity contribution is -0.156. The van der Waals surface area contributed by atoms with Crippen LogP contribution in [-0.2, 0) is 22.6 Å². The van der Waals surface area contributed by atoms with Gasteiger partial charge in [0.15, 0.2) is 0 Å². The molecule has 0 heterocycles. The molecule has 3 atom stereocenters. The van der Waals surface area contributed by atoms with Crippen molar-refractivity contribution in [3.8, 4) is 0 Å². The highest BCUT2D eigenvalue weighted by Crippen LogP contribution is 2.48. The fraction of sp³-hybridized carbons (Fsp3) is 0.480. The van der Waals surface area contributed by atoms with Crippen LogP contribution in [-0.4, -0.2) is 23.5 Å². The van der Waals surface area contributed by atoms with Gasteiger partial charge in [-0.25, -0.2) is 0 Å². The molecule has 0 amide bonds. The molecule has 1 aliphatic rings. The summed E-state index contributed by atoms with van der Waals surface area (Å²) in [6.07, 6.45) is 2.92. The molecule has 0 spiro atoms. The van der Waals surface area contributed by atoms with E-state index in [1.165, 1.54) is 11.1 Å². The van der Waals surface area contributed by atoms with Crippen molar-refractivity contribution in [3.05, 3.63) is 71.8 Å². The number of esters is 1. The fourth-order valence-electron chi connectivity index (χ4n) is 4.72. The summed E-state index contributed by atoms with van der Waals surface area (Å²) < 4.78 is 5.47. The SMILES string of the molecule is CCOC(=O)C1(C)C[C@H](N(Cc2ccccc2)Cc2ccccc2)CC1CC. The predicted octanol–water partition coefficient (Wildman–Crippen LogP) is 5.45. The van der Waals surface area contributed by atoms with Crippen LogP contribution in [0.4, 0.5) is 0 Å². The summed E-state index contributed by atoms with van der Waals surface area (Å²) >= 11 is 0. The molecule has 3 rings (SSSR count). The van der Waals surface area contributed by atoms with E-state index in [1.54, 1.807) is 0 Å². The molecule has 150 valence electrons. The zero-order valence-electron chi connectivity index (χ0n) is 17.4. The van der Waals surface area contributed by atoms with Crippen LogP contribution in [0, 0.1) is 11.3 Å². The summed E-state index contributed by atoms with van der Waals surface area (Å²) in [6.45, 7) is 8.45. The number of nitrogens with zero attached hydrogens (tertiary/aromatic N) is 1. The lowest BCUT2D eigenvalue weighted by atomic mass is 9.78. The van der Waals surface area contributed by atoms with E-state index in [1.807, 2.05) is 6.92 Å². The number of hydrogen-bond acceptors (Lipinski definition) is 3. The van der Waals surface area contributed by atoms with E-state index in [9.17, 15) is 4.79 Å². The maximum Gasteiger partial charge on any atom is 0.312 e. The average molecular weight is 380 g/mol. The van der Waals surface area contributed by atoms with Gasteiger partial charge in [0.25, 0.3) is 0 Å². The van der Waals surface area contributed by atoms with Crippen LogP contribution in [0.5, 0.6) is 0 Å². The summed E-state index contributed by atoms with van der Waals surface area (Å²) in [5.74, 6) is 0.342. The van der Waals surface area contributed by atoms with Gasteiger partial charge >= 0.3 is 5.97 Å². The first kappa shape index (κ1) is 20.6. The molecule has 0 radical (unpaired) electrons. The maximum absolute atomic E-state index is 12.8. The van der Waals surface area contributed by atoms with Gasteiger partial charge in [-0.1, -0.05) is 74.0 Å². The molecule has 1 aliphatic carbocycles. The van der Waals surface area contributed by atoms with E-state index >= 15 is 0 Å². The lowest BCUT2D eigenvalue weighted by Crippen LogP contribution is -2.36. The molecule has 0 N–H and O–H groups in total. The van der Waals surface area contributed by atoms with Crippen molar-refractivity contribution in [2.24, 2.45) is 11.3 Å². The van der Waals surface area contributed by atoms with Crippen molar-refractivity contribution in [1.29, 1.82) is 0 Å². The molecule has 0 aliphatic heterocycles. The highest BCUT2D eigenvalue weighted by Gasteiger charge is 2.50. The Labute approximate surface area is 169 Å². The highest BCUT2D eigenvalue weighted by atomic mass is 16.5. The Hall–Kier alpha value is -2.13.